The number of anilines is 1. The highest BCUT2D eigenvalue weighted by atomic mass is 32.1. The van der Waals surface area contributed by atoms with E-state index in [1.807, 2.05) is 19.1 Å². The SMILES string of the molecule is CCOc1ccc2nc(NC3CCCCC3(C)C)sc2c1. The lowest BCUT2D eigenvalue weighted by molar-refractivity contribution is 0.217. The van der Waals surface area contributed by atoms with Crippen LogP contribution >= 0.6 is 11.3 Å². The van der Waals surface area contributed by atoms with Crippen molar-refractivity contribution in [2.24, 2.45) is 5.41 Å². The molecule has 1 fully saturated rings. The summed E-state index contributed by atoms with van der Waals surface area (Å²) < 4.78 is 6.76. The van der Waals surface area contributed by atoms with Gasteiger partial charge in [0.15, 0.2) is 5.13 Å². The van der Waals surface area contributed by atoms with Gasteiger partial charge in [-0.2, -0.15) is 0 Å². The molecule has 0 radical (unpaired) electrons. The first-order valence-corrected chi connectivity index (χ1v) is 8.70. The lowest BCUT2D eigenvalue weighted by Gasteiger charge is -2.38. The van der Waals surface area contributed by atoms with Crippen LogP contribution in [-0.2, 0) is 0 Å². The molecule has 0 spiro atoms. The summed E-state index contributed by atoms with van der Waals surface area (Å²) in [6.45, 7) is 7.44. The Morgan fingerprint density at radius 2 is 2.24 bits per heavy atom. The molecular formula is C17H24N2OS. The first-order chi connectivity index (χ1) is 10.1. The van der Waals surface area contributed by atoms with E-state index in [9.17, 15) is 0 Å². The van der Waals surface area contributed by atoms with Crippen molar-refractivity contribution >= 4 is 26.7 Å². The molecule has 3 nitrogen and oxygen atoms in total. The fourth-order valence-corrected chi connectivity index (χ4v) is 4.08. The summed E-state index contributed by atoms with van der Waals surface area (Å²) in [7, 11) is 0. The van der Waals surface area contributed by atoms with E-state index in [2.05, 4.69) is 25.2 Å². The van der Waals surface area contributed by atoms with Gasteiger partial charge in [-0.05, 0) is 43.4 Å². The van der Waals surface area contributed by atoms with E-state index in [0.29, 0.717) is 18.1 Å². The van der Waals surface area contributed by atoms with Crippen LogP contribution in [-0.4, -0.2) is 17.6 Å². The summed E-state index contributed by atoms with van der Waals surface area (Å²) in [5.74, 6) is 0.929. The largest absolute Gasteiger partial charge is 0.494 e. The lowest BCUT2D eigenvalue weighted by Crippen LogP contribution is -2.38. The summed E-state index contributed by atoms with van der Waals surface area (Å²) in [4.78, 5) is 4.73. The molecule has 0 amide bonds. The van der Waals surface area contributed by atoms with Crippen molar-refractivity contribution in [1.82, 2.24) is 4.98 Å². The molecule has 3 rings (SSSR count). The van der Waals surface area contributed by atoms with Crippen LogP contribution in [0.4, 0.5) is 5.13 Å². The summed E-state index contributed by atoms with van der Waals surface area (Å²) in [5.41, 5.74) is 1.41. The van der Waals surface area contributed by atoms with Crippen molar-refractivity contribution in [3.05, 3.63) is 18.2 Å². The van der Waals surface area contributed by atoms with Gasteiger partial charge in [-0.3, -0.25) is 0 Å². The smallest absolute Gasteiger partial charge is 0.184 e. The van der Waals surface area contributed by atoms with Crippen molar-refractivity contribution in [2.75, 3.05) is 11.9 Å². The van der Waals surface area contributed by atoms with Gasteiger partial charge in [0.2, 0.25) is 0 Å². The Morgan fingerprint density at radius 3 is 3.00 bits per heavy atom. The van der Waals surface area contributed by atoms with Crippen molar-refractivity contribution in [3.63, 3.8) is 0 Å². The van der Waals surface area contributed by atoms with Crippen LogP contribution in [0.3, 0.4) is 0 Å². The van der Waals surface area contributed by atoms with Crippen LogP contribution in [0, 0.1) is 5.41 Å². The average molecular weight is 304 g/mol. The maximum absolute atomic E-state index is 5.56. The first-order valence-electron chi connectivity index (χ1n) is 7.88. The van der Waals surface area contributed by atoms with Crippen LogP contribution in [0.15, 0.2) is 18.2 Å². The Hall–Kier alpha value is -1.29. The Kier molecular flexibility index (Phi) is 4.07. The van der Waals surface area contributed by atoms with Crippen molar-refractivity contribution in [2.45, 2.75) is 52.5 Å². The second-order valence-corrected chi connectivity index (χ2v) is 7.54. The predicted molar refractivity (Wildman–Crippen MR) is 90.4 cm³/mol. The Labute approximate surface area is 130 Å². The zero-order valence-corrected chi connectivity index (χ0v) is 13.9. The number of fused-ring (bicyclic) bond motifs is 1. The summed E-state index contributed by atoms with van der Waals surface area (Å²) in [5, 5.41) is 4.72. The van der Waals surface area contributed by atoms with Gasteiger partial charge < -0.3 is 10.1 Å². The molecule has 1 aliphatic rings. The maximum atomic E-state index is 5.56. The minimum atomic E-state index is 0.354. The van der Waals surface area contributed by atoms with Crippen LogP contribution in [0.25, 0.3) is 10.2 Å². The second-order valence-electron chi connectivity index (χ2n) is 6.51. The van der Waals surface area contributed by atoms with Crippen LogP contribution < -0.4 is 10.1 Å². The highest BCUT2D eigenvalue weighted by Crippen LogP contribution is 2.38. The molecule has 1 unspecified atom stereocenters. The molecule has 1 aromatic carbocycles. The highest BCUT2D eigenvalue weighted by Gasteiger charge is 2.32. The molecule has 21 heavy (non-hydrogen) atoms. The number of ether oxygens (including phenoxy) is 1. The normalized spacial score (nSPS) is 21.4. The zero-order chi connectivity index (χ0) is 14.9. The third-order valence-corrected chi connectivity index (χ3v) is 5.43. The number of rotatable bonds is 4. The number of hydrogen-bond acceptors (Lipinski definition) is 4. The van der Waals surface area contributed by atoms with E-state index in [4.69, 9.17) is 9.72 Å². The van der Waals surface area contributed by atoms with Crippen LogP contribution in [0.5, 0.6) is 5.75 Å². The standard InChI is InChI=1S/C17H24N2OS/c1-4-20-12-8-9-13-14(11-12)21-16(18-13)19-15-7-5-6-10-17(15,2)3/h8-9,11,15H,4-7,10H2,1-3H3,(H,18,19). The molecule has 114 valence electrons. The molecule has 4 heteroatoms. The number of nitrogens with zero attached hydrogens (tertiary/aromatic N) is 1. The minimum Gasteiger partial charge on any atom is -0.494 e. The Morgan fingerprint density at radius 1 is 1.38 bits per heavy atom. The Bertz CT molecular complexity index is 620. The van der Waals surface area contributed by atoms with E-state index < -0.39 is 0 Å². The van der Waals surface area contributed by atoms with Crippen LogP contribution in [0.1, 0.15) is 46.5 Å². The highest BCUT2D eigenvalue weighted by molar-refractivity contribution is 7.22. The summed E-state index contributed by atoms with van der Waals surface area (Å²) >= 11 is 1.73. The first kappa shape index (κ1) is 14.6. The number of hydrogen-bond donors (Lipinski definition) is 1. The van der Waals surface area contributed by atoms with Gasteiger partial charge in [-0.15, -0.1) is 0 Å². The van der Waals surface area contributed by atoms with E-state index in [0.717, 1.165) is 16.4 Å². The van der Waals surface area contributed by atoms with E-state index in [-0.39, 0.29) is 0 Å². The molecule has 1 heterocycles. The fraction of sp³-hybridized carbons (Fsp3) is 0.588. The van der Waals surface area contributed by atoms with Gasteiger partial charge in [0.1, 0.15) is 5.75 Å². The predicted octanol–water partition coefficient (Wildman–Crippen LogP) is 5.08. The molecule has 1 aromatic heterocycles. The number of aromatic nitrogens is 1. The monoisotopic (exact) mass is 304 g/mol. The Balaban J connectivity index is 1.80. The molecule has 1 aliphatic carbocycles. The summed E-state index contributed by atoms with van der Waals surface area (Å²) in [6, 6.07) is 6.67. The fourth-order valence-electron chi connectivity index (χ4n) is 3.13. The molecule has 0 bridgehead atoms. The molecule has 2 aromatic rings. The average Bonchev–Trinajstić information content (AvgIpc) is 2.83. The maximum Gasteiger partial charge on any atom is 0.184 e. The van der Waals surface area contributed by atoms with Gasteiger partial charge in [0, 0.05) is 6.04 Å². The van der Waals surface area contributed by atoms with Crippen molar-refractivity contribution in [3.8, 4) is 5.75 Å². The summed E-state index contributed by atoms with van der Waals surface area (Å²) in [6.07, 6.45) is 5.21. The van der Waals surface area contributed by atoms with Crippen LogP contribution in [0.2, 0.25) is 0 Å². The molecule has 1 atom stereocenters. The van der Waals surface area contributed by atoms with Gasteiger partial charge >= 0.3 is 0 Å². The van der Waals surface area contributed by atoms with Gasteiger partial charge in [-0.25, -0.2) is 4.98 Å². The third kappa shape index (κ3) is 3.15. The van der Waals surface area contributed by atoms with Crippen molar-refractivity contribution < 1.29 is 4.74 Å². The second kappa shape index (κ2) is 5.84. The zero-order valence-electron chi connectivity index (χ0n) is 13.1. The number of benzene rings is 1. The quantitative estimate of drug-likeness (QED) is 0.855. The lowest BCUT2D eigenvalue weighted by atomic mass is 9.73. The van der Waals surface area contributed by atoms with Gasteiger partial charge in [-0.1, -0.05) is 38.0 Å². The molecule has 0 saturated heterocycles. The minimum absolute atomic E-state index is 0.354. The third-order valence-electron chi connectivity index (χ3n) is 4.48. The molecule has 1 saturated carbocycles. The molecule has 1 N–H and O–H groups in total. The molecular weight excluding hydrogens is 280 g/mol. The van der Waals surface area contributed by atoms with E-state index in [1.54, 1.807) is 11.3 Å². The van der Waals surface area contributed by atoms with E-state index in [1.165, 1.54) is 30.4 Å². The number of thiazole rings is 1. The van der Waals surface area contributed by atoms with Crippen molar-refractivity contribution in [1.29, 1.82) is 0 Å². The van der Waals surface area contributed by atoms with Gasteiger partial charge in [0.05, 0.1) is 16.8 Å². The van der Waals surface area contributed by atoms with E-state index >= 15 is 0 Å². The van der Waals surface area contributed by atoms with Gasteiger partial charge in [0.25, 0.3) is 0 Å². The molecule has 0 aliphatic heterocycles. The topological polar surface area (TPSA) is 34.1 Å². The number of nitrogens with one attached hydrogen (secondary N) is 1.